The zero-order valence-electron chi connectivity index (χ0n) is 14.0. The second-order valence-corrected chi connectivity index (χ2v) is 6.19. The molecule has 0 saturated heterocycles. The van der Waals surface area contributed by atoms with Crippen LogP contribution in [0.1, 0.15) is 24.0 Å². The predicted molar refractivity (Wildman–Crippen MR) is 88.1 cm³/mol. The zero-order valence-corrected chi connectivity index (χ0v) is 14.0. The molecule has 0 spiro atoms. The minimum absolute atomic E-state index is 0.126. The summed E-state index contributed by atoms with van der Waals surface area (Å²) in [5.41, 5.74) is 2.57. The fourth-order valence-corrected chi connectivity index (χ4v) is 3.55. The van der Waals surface area contributed by atoms with Crippen molar-refractivity contribution in [1.29, 1.82) is 0 Å². The molecule has 2 N–H and O–H groups in total. The van der Waals surface area contributed by atoms with Crippen molar-refractivity contribution in [3.63, 3.8) is 0 Å². The van der Waals surface area contributed by atoms with Crippen LogP contribution in [0.15, 0.2) is 29.7 Å². The van der Waals surface area contributed by atoms with Crippen LogP contribution in [0, 0.1) is 5.92 Å². The molecule has 6 nitrogen and oxygen atoms in total. The van der Waals surface area contributed by atoms with Gasteiger partial charge in [-0.15, -0.1) is 0 Å². The third-order valence-electron chi connectivity index (χ3n) is 4.80. The summed E-state index contributed by atoms with van der Waals surface area (Å²) in [6, 6.07) is 5.96. The molecular weight excluding hydrogens is 310 g/mol. The third-order valence-corrected chi connectivity index (χ3v) is 4.80. The first-order valence-corrected chi connectivity index (χ1v) is 8.19. The normalized spacial score (nSPS) is 23.4. The Kier molecular flexibility index (Phi) is 4.94. The minimum Gasteiger partial charge on any atom is -0.509 e. The second kappa shape index (κ2) is 7.13. The number of nitrogens with one attached hydrogen (secondary N) is 1. The van der Waals surface area contributed by atoms with Crippen molar-refractivity contribution in [3.05, 3.63) is 40.8 Å². The summed E-state index contributed by atoms with van der Waals surface area (Å²) in [5.74, 6) is 1.49. The number of rotatable bonds is 3. The Morgan fingerprint density at radius 3 is 2.83 bits per heavy atom. The Balaban J connectivity index is 1.82. The van der Waals surface area contributed by atoms with Crippen LogP contribution in [0.4, 0.5) is 4.79 Å². The maximum absolute atomic E-state index is 11.5. The minimum atomic E-state index is -0.803. The predicted octanol–water partition coefficient (Wildman–Crippen LogP) is 2.71. The number of carbonyl (C=O) groups excluding carboxylic acids is 1. The average Bonchev–Trinajstić information content (AvgIpc) is 2.62. The van der Waals surface area contributed by atoms with Crippen molar-refractivity contribution in [2.24, 2.45) is 5.92 Å². The van der Waals surface area contributed by atoms with E-state index >= 15 is 0 Å². The highest BCUT2D eigenvalue weighted by Crippen LogP contribution is 2.34. The molecule has 0 bridgehead atoms. The van der Waals surface area contributed by atoms with Crippen LogP contribution in [0.25, 0.3) is 0 Å². The molecule has 0 amide bonds. The van der Waals surface area contributed by atoms with Crippen molar-refractivity contribution in [3.8, 4) is 5.75 Å². The largest absolute Gasteiger partial charge is 0.513 e. The van der Waals surface area contributed by atoms with Crippen molar-refractivity contribution >= 4 is 6.16 Å². The van der Waals surface area contributed by atoms with E-state index in [0.29, 0.717) is 18.7 Å². The van der Waals surface area contributed by atoms with Gasteiger partial charge < -0.3 is 24.6 Å². The molecule has 2 atom stereocenters. The molecule has 1 heterocycles. The Bertz CT molecular complexity index is 655. The number of hydrogen-bond donors (Lipinski definition) is 2. The summed E-state index contributed by atoms with van der Waals surface area (Å²) in [6.45, 7) is 0.659. The van der Waals surface area contributed by atoms with Gasteiger partial charge in [0.1, 0.15) is 11.5 Å². The molecule has 1 aliphatic carbocycles. The molecule has 1 aliphatic heterocycles. The van der Waals surface area contributed by atoms with E-state index in [-0.39, 0.29) is 17.7 Å². The van der Waals surface area contributed by atoms with Gasteiger partial charge in [-0.05, 0) is 48.4 Å². The molecule has 0 aromatic heterocycles. The lowest BCUT2D eigenvalue weighted by Gasteiger charge is -2.35. The summed E-state index contributed by atoms with van der Waals surface area (Å²) in [5, 5.41) is 13.6. The number of fused-ring (bicyclic) bond motifs is 1. The molecule has 1 aromatic carbocycles. The molecule has 0 radical (unpaired) electrons. The zero-order chi connectivity index (χ0) is 17.1. The van der Waals surface area contributed by atoms with Crippen LogP contribution in [0.3, 0.4) is 0 Å². The highest BCUT2D eigenvalue weighted by Gasteiger charge is 2.35. The summed E-state index contributed by atoms with van der Waals surface area (Å²) >= 11 is 0. The van der Waals surface area contributed by atoms with Gasteiger partial charge in [-0.2, -0.15) is 0 Å². The Morgan fingerprint density at radius 1 is 1.25 bits per heavy atom. The van der Waals surface area contributed by atoms with Crippen LogP contribution < -0.4 is 10.1 Å². The second-order valence-electron chi connectivity index (χ2n) is 6.19. The molecular formula is C18H23NO5. The molecule has 6 heteroatoms. The van der Waals surface area contributed by atoms with Crippen LogP contribution in [-0.4, -0.2) is 38.1 Å². The Labute approximate surface area is 141 Å². The van der Waals surface area contributed by atoms with Crippen LogP contribution in [-0.2, 0) is 22.3 Å². The smallest absolute Gasteiger partial charge is 0.509 e. The van der Waals surface area contributed by atoms with E-state index < -0.39 is 6.16 Å². The first-order valence-electron chi connectivity index (χ1n) is 8.19. The molecule has 0 fully saturated rings. The van der Waals surface area contributed by atoms with E-state index in [1.165, 1.54) is 18.2 Å². The highest BCUT2D eigenvalue weighted by molar-refractivity contribution is 5.61. The lowest BCUT2D eigenvalue weighted by Crippen LogP contribution is -2.45. The number of ether oxygens (including phenoxy) is 3. The summed E-state index contributed by atoms with van der Waals surface area (Å²) in [6.07, 6.45) is 2.39. The van der Waals surface area contributed by atoms with Gasteiger partial charge in [-0.3, -0.25) is 0 Å². The number of methoxy groups -OCH3 is 2. The van der Waals surface area contributed by atoms with Gasteiger partial charge in [0, 0.05) is 13.0 Å². The third kappa shape index (κ3) is 3.33. The number of aliphatic hydroxyl groups is 1. The van der Waals surface area contributed by atoms with Crippen molar-refractivity contribution in [2.45, 2.75) is 31.7 Å². The number of aryl methyl sites for hydroxylation is 1. The van der Waals surface area contributed by atoms with Crippen molar-refractivity contribution in [1.82, 2.24) is 5.32 Å². The molecule has 130 valence electrons. The van der Waals surface area contributed by atoms with Gasteiger partial charge >= 0.3 is 6.16 Å². The van der Waals surface area contributed by atoms with Crippen LogP contribution >= 0.6 is 0 Å². The summed E-state index contributed by atoms with van der Waals surface area (Å²) in [7, 11) is 2.92. The standard InChI is InChI=1S/C18H23NO5/c1-22-14-6-5-11-3-4-12(9-13(11)10-14)16-17(24-18(21)23-2)15(20)7-8-19-16/h5-6,10,12,16,19-20H,3-4,7-9H2,1-2H3. The number of aliphatic hydroxyl groups excluding tert-OH is 1. The maximum Gasteiger partial charge on any atom is 0.513 e. The van der Waals surface area contributed by atoms with Gasteiger partial charge in [-0.1, -0.05) is 6.07 Å². The van der Waals surface area contributed by atoms with Gasteiger partial charge in [0.25, 0.3) is 0 Å². The molecule has 0 saturated carbocycles. The molecule has 24 heavy (non-hydrogen) atoms. The Morgan fingerprint density at radius 2 is 2.08 bits per heavy atom. The maximum atomic E-state index is 11.5. The number of hydrogen-bond acceptors (Lipinski definition) is 6. The number of carbonyl (C=O) groups is 1. The molecule has 2 unspecified atom stereocenters. The fraction of sp³-hybridized carbons (Fsp3) is 0.500. The number of benzene rings is 1. The van der Waals surface area contributed by atoms with E-state index in [1.807, 2.05) is 6.07 Å². The average molecular weight is 333 g/mol. The van der Waals surface area contributed by atoms with Crippen molar-refractivity contribution < 1.29 is 24.1 Å². The molecule has 2 aliphatic rings. The van der Waals surface area contributed by atoms with Gasteiger partial charge in [-0.25, -0.2) is 4.79 Å². The monoisotopic (exact) mass is 333 g/mol. The van der Waals surface area contributed by atoms with Gasteiger partial charge in [0.15, 0.2) is 5.76 Å². The lowest BCUT2D eigenvalue weighted by molar-refractivity contribution is 0.0774. The van der Waals surface area contributed by atoms with E-state index in [1.54, 1.807) is 7.11 Å². The lowest BCUT2D eigenvalue weighted by atomic mass is 9.78. The van der Waals surface area contributed by atoms with E-state index in [0.717, 1.165) is 25.0 Å². The van der Waals surface area contributed by atoms with Crippen LogP contribution in [0.2, 0.25) is 0 Å². The van der Waals surface area contributed by atoms with Crippen LogP contribution in [0.5, 0.6) is 5.75 Å². The summed E-state index contributed by atoms with van der Waals surface area (Å²) in [4.78, 5) is 11.5. The first-order chi connectivity index (χ1) is 11.6. The van der Waals surface area contributed by atoms with Crippen molar-refractivity contribution in [2.75, 3.05) is 20.8 Å². The van der Waals surface area contributed by atoms with E-state index in [4.69, 9.17) is 9.47 Å². The van der Waals surface area contributed by atoms with Gasteiger partial charge in [0.05, 0.1) is 20.3 Å². The van der Waals surface area contributed by atoms with Gasteiger partial charge in [0.2, 0.25) is 0 Å². The Hall–Kier alpha value is -2.21. The first kappa shape index (κ1) is 16.6. The highest BCUT2D eigenvalue weighted by atomic mass is 16.7. The van der Waals surface area contributed by atoms with E-state index in [2.05, 4.69) is 22.2 Å². The fourth-order valence-electron chi connectivity index (χ4n) is 3.55. The SMILES string of the molecule is COC(=O)OC1=C(O)CCNC1C1CCc2ccc(OC)cc2C1. The topological polar surface area (TPSA) is 77.0 Å². The molecule has 1 aromatic rings. The quantitative estimate of drug-likeness (QED) is 0.828. The van der Waals surface area contributed by atoms with E-state index in [9.17, 15) is 9.90 Å². The molecule has 3 rings (SSSR count). The summed E-state index contributed by atoms with van der Waals surface area (Å²) < 4.78 is 15.1.